The van der Waals surface area contributed by atoms with Gasteiger partial charge in [-0.1, -0.05) is 43.5 Å². The molecule has 0 bridgehead atoms. The van der Waals surface area contributed by atoms with Crippen LogP contribution >= 0.6 is 27.3 Å². The highest BCUT2D eigenvalue weighted by molar-refractivity contribution is 9.10. The normalized spacial score (nSPS) is 20.2. The number of rotatable bonds is 3. The maximum atomic E-state index is 5.56. The Morgan fingerprint density at radius 2 is 1.65 bits per heavy atom. The summed E-state index contributed by atoms with van der Waals surface area (Å²) in [5.74, 6) is 0.747. The lowest BCUT2D eigenvalue weighted by Gasteiger charge is -2.20. The van der Waals surface area contributed by atoms with Crippen molar-refractivity contribution in [2.24, 2.45) is 0 Å². The molecule has 0 unspecified atom stereocenters. The molecule has 2 nitrogen and oxygen atoms in total. The van der Waals surface area contributed by atoms with Crippen LogP contribution in [0.3, 0.4) is 0 Å². The summed E-state index contributed by atoms with van der Waals surface area (Å²) in [7, 11) is 0. The van der Waals surface area contributed by atoms with E-state index in [0.29, 0.717) is 13.2 Å². The van der Waals surface area contributed by atoms with Crippen LogP contribution in [0.4, 0.5) is 0 Å². The highest BCUT2D eigenvalue weighted by Gasteiger charge is 2.21. The molecule has 0 amide bonds. The Morgan fingerprint density at radius 1 is 0.957 bits per heavy atom. The Kier molecular flexibility index (Phi) is 4.86. The Balaban J connectivity index is 1.55. The van der Waals surface area contributed by atoms with E-state index in [1.165, 1.54) is 51.9 Å². The van der Waals surface area contributed by atoms with Crippen LogP contribution in [0.25, 0.3) is 10.4 Å². The second-order valence-electron chi connectivity index (χ2n) is 6.35. The van der Waals surface area contributed by atoms with Gasteiger partial charge in [-0.05, 0) is 46.3 Å². The van der Waals surface area contributed by atoms with E-state index in [-0.39, 0.29) is 6.29 Å². The van der Waals surface area contributed by atoms with E-state index in [1.807, 2.05) is 11.3 Å². The van der Waals surface area contributed by atoms with Gasteiger partial charge in [-0.25, -0.2) is 0 Å². The molecular formula is C19H21BrO2S. The van der Waals surface area contributed by atoms with Gasteiger partial charge in [0.25, 0.3) is 0 Å². The van der Waals surface area contributed by atoms with Crippen molar-refractivity contribution in [2.75, 3.05) is 13.2 Å². The lowest BCUT2D eigenvalue weighted by Crippen LogP contribution is -2.02. The van der Waals surface area contributed by atoms with E-state index in [9.17, 15) is 0 Å². The van der Waals surface area contributed by atoms with Crippen molar-refractivity contribution >= 4 is 27.3 Å². The average molecular weight is 393 g/mol. The maximum absolute atomic E-state index is 5.56. The topological polar surface area (TPSA) is 18.5 Å². The number of thiophene rings is 1. The molecule has 0 spiro atoms. The van der Waals surface area contributed by atoms with Gasteiger partial charge in [0.2, 0.25) is 0 Å². The fourth-order valence-electron chi connectivity index (χ4n) is 3.52. The standard InChI is InChI=1S/C19H21BrO2S/c20-16-12-17(23-18(16)14-4-2-1-3-5-14)13-6-8-15(9-7-13)19-21-10-11-22-19/h6-9,12,14,19H,1-5,10-11H2. The average Bonchev–Trinajstić information content (AvgIpc) is 3.26. The molecule has 0 atom stereocenters. The molecule has 1 aromatic heterocycles. The molecule has 1 aliphatic heterocycles. The Morgan fingerprint density at radius 3 is 2.35 bits per heavy atom. The first-order valence-corrected chi connectivity index (χ1v) is 10.0. The van der Waals surface area contributed by atoms with Crippen LogP contribution in [0.1, 0.15) is 54.8 Å². The fraction of sp³-hybridized carbons (Fsp3) is 0.474. The number of halogens is 1. The van der Waals surface area contributed by atoms with Gasteiger partial charge in [-0.15, -0.1) is 11.3 Å². The SMILES string of the molecule is Brc1cc(-c2ccc(C3OCCO3)cc2)sc1C1CCCCC1. The van der Waals surface area contributed by atoms with Crippen molar-refractivity contribution in [3.05, 3.63) is 45.2 Å². The molecule has 2 aliphatic rings. The van der Waals surface area contributed by atoms with Crippen LogP contribution in [0.15, 0.2) is 34.8 Å². The van der Waals surface area contributed by atoms with E-state index in [1.54, 1.807) is 0 Å². The second kappa shape index (κ2) is 7.06. The predicted molar refractivity (Wildman–Crippen MR) is 97.9 cm³/mol. The minimum atomic E-state index is -0.183. The fourth-order valence-corrected chi connectivity index (χ4v) is 5.70. The Hall–Kier alpha value is -0.680. The summed E-state index contributed by atoms with van der Waals surface area (Å²) in [6.07, 6.45) is 6.65. The molecule has 4 rings (SSSR count). The summed E-state index contributed by atoms with van der Waals surface area (Å²) in [5, 5.41) is 0. The molecule has 0 N–H and O–H groups in total. The molecule has 2 aromatic rings. The third-order valence-electron chi connectivity index (χ3n) is 4.78. The Bertz CT molecular complexity index is 653. The summed E-state index contributed by atoms with van der Waals surface area (Å²) in [4.78, 5) is 2.88. The third kappa shape index (κ3) is 3.41. The molecule has 23 heavy (non-hydrogen) atoms. The molecule has 2 heterocycles. The summed E-state index contributed by atoms with van der Waals surface area (Å²) < 4.78 is 12.4. The molecular weight excluding hydrogens is 372 g/mol. The summed E-state index contributed by atoms with van der Waals surface area (Å²) in [6.45, 7) is 1.38. The first kappa shape index (κ1) is 15.8. The minimum Gasteiger partial charge on any atom is -0.346 e. The van der Waals surface area contributed by atoms with E-state index >= 15 is 0 Å². The molecule has 122 valence electrons. The molecule has 4 heteroatoms. The smallest absolute Gasteiger partial charge is 0.184 e. The van der Waals surface area contributed by atoms with Gasteiger partial charge in [0.1, 0.15) is 0 Å². The van der Waals surface area contributed by atoms with Gasteiger partial charge in [0, 0.05) is 19.8 Å². The zero-order valence-corrected chi connectivity index (χ0v) is 15.5. The quantitative estimate of drug-likeness (QED) is 0.612. The van der Waals surface area contributed by atoms with Crippen molar-refractivity contribution in [1.82, 2.24) is 0 Å². The van der Waals surface area contributed by atoms with Gasteiger partial charge in [-0.2, -0.15) is 0 Å². The van der Waals surface area contributed by atoms with Crippen LogP contribution in [0, 0.1) is 0 Å². The van der Waals surface area contributed by atoms with Crippen molar-refractivity contribution in [3.8, 4) is 10.4 Å². The van der Waals surface area contributed by atoms with Gasteiger partial charge < -0.3 is 9.47 Å². The van der Waals surface area contributed by atoms with E-state index < -0.39 is 0 Å². The summed E-state index contributed by atoms with van der Waals surface area (Å²) in [5.41, 5.74) is 2.38. The lowest BCUT2D eigenvalue weighted by atomic mass is 9.88. The predicted octanol–water partition coefficient (Wildman–Crippen LogP) is 6.27. The van der Waals surface area contributed by atoms with E-state index in [4.69, 9.17) is 9.47 Å². The highest BCUT2D eigenvalue weighted by atomic mass is 79.9. The van der Waals surface area contributed by atoms with Crippen LogP contribution in [-0.2, 0) is 9.47 Å². The highest BCUT2D eigenvalue weighted by Crippen LogP contribution is 2.44. The largest absolute Gasteiger partial charge is 0.346 e. The zero-order chi connectivity index (χ0) is 15.6. The van der Waals surface area contributed by atoms with Gasteiger partial charge in [-0.3, -0.25) is 0 Å². The number of hydrogen-bond donors (Lipinski definition) is 0. The molecule has 1 aliphatic carbocycles. The lowest BCUT2D eigenvalue weighted by molar-refractivity contribution is -0.0441. The van der Waals surface area contributed by atoms with Crippen LogP contribution in [0.5, 0.6) is 0 Å². The van der Waals surface area contributed by atoms with Gasteiger partial charge in [0.05, 0.1) is 13.2 Å². The van der Waals surface area contributed by atoms with Crippen LogP contribution in [0.2, 0.25) is 0 Å². The first-order chi connectivity index (χ1) is 11.3. The van der Waals surface area contributed by atoms with E-state index in [2.05, 4.69) is 46.3 Å². The maximum Gasteiger partial charge on any atom is 0.184 e. The molecule has 1 saturated carbocycles. The summed E-state index contributed by atoms with van der Waals surface area (Å²) in [6, 6.07) is 10.9. The van der Waals surface area contributed by atoms with Gasteiger partial charge >= 0.3 is 0 Å². The molecule has 2 fully saturated rings. The first-order valence-electron chi connectivity index (χ1n) is 8.44. The van der Waals surface area contributed by atoms with E-state index in [0.717, 1.165) is 11.5 Å². The number of benzene rings is 1. The zero-order valence-electron chi connectivity index (χ0n) is 13.1. The van der Waals surface area contributed by atoms with Crippen LogP contribution < -0.4 is 0 Å². The van der Waals surface area contributed by atoms with Crippen molar-refractivity contribution in [3.63, 3.8) is 0 Å². The van der Waals surface area contributed by atoms with Crippen LogP contribution in [-0.4, -0.2) is 13.2 Å². The molecule has 1 saturated heterocycles. The van der Waals surface area contributed by atoms with Gasteiger partial charge in [0.15, 0.2) is 6.29 Å². The van der Waals surface area contributed by atoms with Crippen molar-refractivity contribution in [2.45, 2.75) is 44.3 Å². The monoisotopic (exact) mass is 392 g/mol. The molecule has 1 aromatic carbocycles. The summed E-state index contributed by atoms with van der Waals surface area (Å²) >= 11 is 5.74. The van der Waals surface area contributed by atoms with Crippen molar-refractivity contribution < 1.29 is 9.47 Å². The molecule has 0 radical (unpaired) electrons. The third-order valence-corrected chi connectivity index (χ3v) is 7.04. The number of hydrogen-bond acceptors (Lipinski definition) is 3. The van der Waals surface area contributed by atoms with Crippen molar-refractivity contribution in [1.29, 1.82) is 0 Å². The number of ether oxygens (including phenoxy) is 2. The second-order valence-corrected chi connectivity index (χ2v) is 8.29. The minimum absolute atomic E-state index is 0.183. The Labute approximate surface area is 149 Å².